The van der Waals surface area contributed by atoms with Gasteiger partial charge in [0.1, 0.15) is 5.75 Å². The minimum atomic E-state index is -0.470. The fraction of sp³-hybridized carbons (Fsp3) is 0.263. The van der Waals surface area contributed by atoms with Crippen molar-refractivity contribution in [3.8, 4) is 5.75 Å². The quantitative estimate of drug-likeness (QED) is 0.410. The summed E-state index contributed by atoms with van der Waals surface area (Å²) >= 11 is 15.2. The number of hydrogen-bond donors (Lipinski definition) is 1. The first-order chi connectivity index (χ1) is 12.8. The number of carbonyl (C=O) groups is 2. The summed E-state index contributed by atoms with van der Waals surface area (Å²) in [4.78, 5) is 23.6. The molecule has 0 radical (unpaired) electrons. The third-order valence-corrected chi connectivity index (χ3v) is 4.90. The highest BCUT2D eigenvalue weighted by Crippen LogP contribution is 2.27. The SMILES string of the molecule is Cc1cc(NC(=O)COC(=O)CCCOc2ccc(Cl)cc2Cl)ccc1Br. The lowest BCUT2D eigenvalue weighted by molar-refractivity contribution is -0.147. The molecule has 0 saturated heterocycles. The second-order valence-corrected chi connectivity index (χ2v) is 7.40. The lowest BCUT2D eigenvalue weighted by Crippen LogP contribution is -2.21. The van der Waals surface area contributed by atoms with Crippen molar-refractivity contribution in [1.82, 2.24) is 0 Å². The minimum absolute atomic E-state index is 0.135. The van der Waals surface area contributed by atoms with Gasteiger partial charge in [0.25, 0.3) is 5.91 Å². The zero-order chi connectivity index (χ0) is 19.8. The highest BCUT2D eigenvalue weighted by atomic mass is 79.9. The van der Waals surface area contributed by atoms with Gasteiger partial charge in [-0.3, -0.25) is 9.59 Å². The van der Waals surface area contributed by atoms with Crippen LogP contribution in [0.3, 0.4) is 0 Å². The van der Waals surface area contributed by atoms with E-state index in [0.717, 1.165) is 10.0 Å². The standard InChI is InChI=1S/C19H18BrCl2NO4/c1-12-9-14(5-6-15(12)20)23-18(24)11-27-19(25)3-2-8-26-17-7-4-13(21)10-16(17)22/h4-7,9-10H,2-3,8,11H2,1H3,(H,23,24). The number of nitrogens with one attached hydrogen (secondary N) is 1. The van der Waals surface area contributed by atoms with E-state index in [1.165, 1.54) is 0 Å². The number of benzene rings is 2. The van der Waals surface area contributed by atoms with E-state index in [9.17, 15) is 9.59 Å². The number of rotatable bonds is 8. The third-order valence-electron chi connectivity index (χ3n) is 3.48. The Morgan fingerprint density at radius 3 is 2.63 bits per heavy atom. The first-order valence-corrected chi connectivity index (χ1v) is 9.69. The average Bonchev–Trinajstić information content (AvgIpc) is 2.61. The van der Waals surface area contributed by atoms with E-state index in [-0.39, 0.29) is 13.0 Å². The molecule has 144 valence electrons. The van der Waals surface area contributed by atoms with Crippen molar-refractivity contribution in [2.75, 3.05) is 18.5 Å². The molecule has 0 aromatic heterocycles. The average molecular weight is 475 g/mol. The van der Waals surface area contributed by atoms with Gasteiger partial charge in [-0.05, 0) is 55.3 Å². The van der Waals surface area contributed by atoms with E-state index in [2.05, 4.69) is 21.2 Å². The molecule has 2 rings (SSSR count). The molecule has 0 spiro atoms. The molecule has 0 heterocycles. The molecule has 2 aromatic carbocycles. The van der Waals surface area contributed by atoms with E-state index in [4.69, 9.17) is 32.7 Å². The molecule has 8 heteroatoms. The van der Waals surface area contributed by atoms with E-state index in [1.807, 2.05) is 19.1 Å². The van der Waals surface area contributed by atoms with E-state index < -0.39 is 11.9 Å². The first-order valence-electron chi connectivity index (χ1n) is 8.14. The number of ether oxygens (including phenoxy) is 2. The Morgan fingerprint density at radius 1 is 1.15 bits per heavy atom. The Kier molecular flexibility index (Phi) is 8.41. The summed E-state index contributed by atoms with van der Waals surface area (Å²) in [6.45, 7) is 1.87. The summed E-state index contributed by atoms with van der Waals surface area (Å²) in [6.07, 6.45) is 0.571. The Balaban J connectivity index is 1.65. The topological polar surface area (TPSA) is 64.6 Å². The molecule has 0 aliphatic heterocycles. The van der Waals surface area contributed by atoms with Gasteiger partial charge in [0, 0.05) is 21.6 Å². The molecule has 0 fully saturated rings. The maximum absolute atomic E-state index is 11.8. The molecule has 0 aliphatic rings. The second kappa shape index (κ2) is 10.5. The van der Waals surface area contributed by atoms with Gasteiger partial charge in [-0.25, -0.2) is 0 Å². The molecule has 1 N–H and O–H groups in total. The van der Waals surface area contributed by atoms with E-state index in [1.54, 1.807) is 24.3 Å². The normalized spacial score (nSPS) is 10.4. The fourth-order valence-electron chi connectivity index (χ4n) is 2.13. The summed E-state index contributed by atoms with van der Waals surface area (Å²) < 4.78 is 11.4. The Hall–Kier alpha value is -1.76. The van der Waals surface area contributed by atoms with Crippen molar-refractivity contribution in [2.24, 2.45) is 0 Å². The fourth-order valence-corrected chi connectivity index (χ4v) is 2.84. The van der Waals surface area contributed by atoms with Crippen LogP contribution in [0, 0.1) is 6.92 Å². The van der Waals surface area contributed by atoms with Crippen LogP contribution in [0.25, 0.3) is 0 Å². The highest BCUT2D eigenvalue weighted by molar-refractivity contribution is 9.10. The summed E-state index contributed by atoms with van der Waals surface area (Å²) in [5.41, 5.74) is 1.63. The lowest BCUT2D eigenvalue weighted by Gasteiger charge is -2.09. The smallest absolute Gasteiger partial charge is 0.306 e. The van der Waals surface area contributed by atoms with Gasteiger partial charge in [0.05, 0.1) is 11.6 Å². The number of anilines is 1. The second-order valence-electron chi connectivity index (χ2n) is 5.70. The van der Waals surface area contributed by atoms with Crippen molar-refractivity contribution in [3.05, 3.63) is 56.5 Å². The lowest BCUT2D eigenvalue weighted by atomic mass is 10.2. The zero-order valence-electron chi connectivity index (χ0n) is 14.6. The molecule has 2 aromatic rings. The van der Waals surface area contributed by atoms with Gasteiger partial charge < -0.3 is 14.8 Å². The molecule has 0 aliphatic carbocycles. The maximum atomic E-state index is 11.8. The van der Waals surface area contributed by atoms with Crippen LogP contribution < -0.4 is 10.1 Å². The van der Waals surface area contributed by atoms with Crippen molar-refractivity contribution in [1.29, 1.82) is 0 Å². The molecule has 0 saturated carbocycles. The minimum Gasteiger partial charge on any atom is -0.492 e. The van der Waals surface area contributed by atoms with Crippen LogP contribution in [0.5, 0.6) is 5.75 Å². The van der Waals surface area contributed by atoms with Crippen LogP contribution in [-0.2, 0) is 14.3 Å². The van der Waals surface area contributed by atoms with Crippen molar-refractivity contribution in [2.45, 2.75) is 19.8 Å². The Bertz CT molecular complexity index is 829. The molecule has 0 atom stereocenters. The Labute approximate surface area is 176 Å². The van der Waals surface area contributed by atoms with Gasteiger partial charge in [-0.15, -0.1) is 0 Å². The number of esters is 1. The van der Waals surface area contributed by atoms with Crippen molar-refractivity contribution >= 4 is 56.7 Å². The van der Waals surface area contributed by atoms with Crippen molar-refractivity contribution in [3.63, 3.8) is 0 Å². The van der Waals surface area contributed by atoms with Gasteiger partial charge in [0.2, 0.25) is 0 Å². The zero-order valence-corrected chi connectivity index (χ0v) is 17.7. The molecule has 27 heavy (non-hydrogen) atoms. The summed E-state index contributed by atoms with van der Waals surface area (Å²) in [6, 6.07) is 10.3. The Morgan fingerprint density at radius 2 is 1.93 bits per heavy atom. The third kappa shape index (κ3) is 7.40. The molecule has 1 amide bonds. The first kappa shape index (κ1) is 21.5. The number of carbonyl (C=O) groups excluding carboxylic acids is 2. The number of aryl methyl sites for hydroxylation is 1. The van der Waals surface area contributed by atoms with E-state index >= 15 is 0 Å². The number of hydrogen-bond acceptors (Lipinski definition) is 4. The summed E-state index contributed by atoms with van der Waals surface area (Å²) in [5, 5.41) is 3.61. The molecule has 0 unspecified atom stereocenters. The van der Waals surface area contributed by atoms with Gasteiger partial charge in [-0.1, -0.05) is 39.1 Å². The van der Waals surface area contributed by atoms with Gasteiger partial charge in [-0.2, -0.15) is 0 Å². The molecular weight excluding hydrogens is 457 g/mol. The molecule has 5 nitrogen and oxygen atoms in total. The largest absolute Gasteiger partial charge is 0.492 e. The maximum Gasteiger partial charge on any atom is 0.306 e. The van der Waals surface area contributed by atoms with Crippen LogP contribution in [0.4, 0.5) is 5.69 Å². The van der Waals surface area contributed by atoms with Gasteiger partial charge in [0.15, 0.2) is 6.61 Å². The predicted octanol–water partition coefficient (Wildman–Crippen LogP) is 5.41. The molecular formula is C19H18BrCl2NO4. The van der Waals surface area contributed by atoms with Crippen LogP contribution in [-0.4, -0.2) is 25.1 Å². The number of amides is 1. The monoisotopic (exact) mass is 473 g/mol. The van der Waals surface area contributed by atoms with Crippen LogP contribution in [0.2, 0.25) is 10.0 Å². The van der Waals surface area contributed by atoms with Gasteiger partial charge >= 0.3 is 5.97 Å². The summed E-state index contributed by atoms with van der Waals surface area (Å²) in [5.74, 6) is -0.365. The number of halogens is 3. The van der Waals surface area contributed by atoms with Crippen LogP contribution >= 0.6 is 39.1 Å². The van der Waals surface area contributed by atoms with Crippen LogP contribution in [0.1, 0.15) is 18.4 Å². The van der Waals surface area contributed by atoms with Crippen molar-refractivity contribution < 1.29 is 19.1 Å². The van der Waals surface area contributed by atoms with E-state index in [0.29, 0.717) is 34.5 Å². The summed E-state index contributed by atoms with van der Waals surface area (Å²) in [7, 11) is 0. The van der Waals surface area contributed by atoms with Crippen LogP contribution in [0.15, 0.2) is 40.9 Å². The predicted molar refractivity (Wildman–Crippen MR) is 110 cm³/mol. The molecule has 0 bridgehead atoms. The highest BCUT2D eigenvalue weighted by Gasteiger charge is 2.09.